The Hall–Kier alpha value is -2.56. The lowest BCUT2D eigenvalue weighted by Gasteiger charge is -2.39. The number of carbonyl (C=O) groups excluding carboxylic acids is 2. The molecule has 5 nitrogen and oxygen atoms in total. The first-order valence-corrected chi connectivity index (χ1v) is 8.07. The minimum absolute atomic E-state index is 0.0323. The van der Waals surface area contributed by atoms with Crippen LogP contribution >= 0.6 is 0 Å². The van der Waals surface area contributed by atoms with Gasteiger partial charge in [0, 0.05) is 24.8 Å². The van der Waals surface area contributed by atoms with Gasteiger partial charge >= 0.3 is 0 Å². The summed E-state index contributed by atoms with van der Waals surface area (Å²) in [7, 11) is 0. The summed E-state index contributed by atoms with van der Waals surface area (Å²) in [6, 6.07) is 13.6. The van der Waals surface area contributed by atoms with Crippen molar-refractivity contribution in [3.8, 4) is 0 Å². The van der Waals surface area contributed by atoms with E-state index in [9.17, 15) is 9.59 Å². The zero-order chi connectivity index (χ0) is 15.8. The van der Waals surface area contributed by atoms with E-state index in [1.807, 2.05) is 46.2 Å². The molecule has 23 heavy (non-hydrogen) atoms. The largest absolute Gasteiger partial charge is 0.357 e. The van der Waals surface area contributed by atoms with E-state index in [1.54, 1.807) is 12.3 Å². The molecule has 0 aliphatic carbocycles. The second-order valence-corrected chi connectivity index (χ2v) is 6.14. The number of nitrogens with one attached hydrogen (secondary N) is 1. The fraction of sp³-hybridized carbons (Fsp3) is 0.333. The van der Waals surface area contributed by atoms with Crippen molar-refractivity contribution in [1.29, 1.82) is 0 Å². The van der Waals surface area contributed by atoms with Crippen LogP contribution in [0.2, 0.25) is 0 Å². The SMILES string of the molecule is O=C(c1ccc[nH]1)N1CC[C@@H]2[C@H]1CCC(=O)N2c1ccccc1. The predicted octanol–water partition coefficient (Wildman–Crippen LogP) is 2.42. The van der Waals surface area contributed by atoms with E-state index >= 15 is 0 Å². The fourth-order valence-corrected chi connectivity index (χ4v) is 3.86. The summed E-state index contributed by atoms with van der Waals surface area (Å²) in [6.45, 7) is 0.698. The summed E-state index contributed by atoms with van der Waals surface area (Å²) in [5.41, 5.74) is 1.55. The van der Waals surface area contributed by atoms with E-state index in [2.05, 4.69) is 4.98 Å². The zero-order valence-electron chi connectivity index (χ0n) is 12.8. The van der Waals surface area contributed by atoms with Crippen LogP contribution in [0.15, 0.2) is 48.7 Å². The molecule has 2 saturated heterocycles. The molecule has 1 N–H and O–H groups in total. The van der Waals surface area contributed by atoms with Gasteiger partial charge in [0.1, 0.15) is 5.69 Å². The zero-order valence-corrected chi connectivity index (χ0v) is 12.8. The summed E-state index contributed by atoms with van der Waals surface area (Å²) in [4.78, 5) is 32.0. The molecule has 2 fully saturated rings. The van der Waals surface area contributed by atoms with Gasteiger partial charge in [0.15, 0.2) is 0 Å². The molecule has 0 radical (unpaired) electrons. The van der Waals surface area contributed by atoms with E-state index in [0.29, 0.717) is 18.7 Å². The lowest BCUT2D eigenvalue weighted by molar-refractivity contribution is -0.120. The van der Waals surface area contributed by atoms with Crippen molar-refractivity contribution in [2.75, 3.05) is 11.4 Å². The molecule has 0 bridgehead atoms. The second-order valence-electron chi connectivity index (χ2n) is 6.14. The highest BCUT2D eigenvalue weighted by molar-refractivity contribution is 5.97. The van der Waals surface area contributed by atoms with Gasteiger partial charge in [0.25, 0.3) is 5.91 Å². The topological polar surface area (TPSA) is 56.4 Å². The second kappa shape index (κ2) is 5.57. The molecule has 2 aliphatic heterocycles. The molecule has 3 heterocycles. The molecule has 4 rings (SSSR count). The first-order valence-electron chi connectivity index (χ1n) is 8.07. The molecule has 118 valence electrons. The number of aromatic amines is 1. The Morgan fingerprint density at radius 2 is 1.87 bits per heavy atom. The Morgan fingerprint density at radius 3 is 2.61 bits per heavy atom. The molecule has 0 spiro atoms. The molecule has 5 heteroatoms. The molecule has 2 aromatic rings. The van der Waals surface area contributed by atoms with Gasteiger partial charge in [0.2, 0.25) is 5.91 Å². The van der Waals surface area contributed by atoms with E-state index < -0.39 is 0 Å². The number of para-hydroxylation sites is 1. The van der Waals surface area contributed by atoms with Crippen molar-refractivity contribution >= 4 is 17.5 Å². The van der Waals surface area contributed by atoms with E-state index in [1.165, 1.54) is 0 Å². The number of likely N-dealkylation sites (tertiary alicyclic amines) is 1. The van der Waals surface area contributed by atoms with E-state index in [0.717, 1.165) is 18.5 Å². The highest BCUT2D eigenvalue weighted by atomic mass is 16.2. The maximum Gasteiger partial charge on any atom is 0.270 e. The average molecular weight is 309 g/mol. The normalized spacial score (nSPS) is 23.9. The Balaban J connectivity index is 1.62. The van der Waals surface area contributed by atoms with Crippen molar-refractivity contribution in [2.24, 2.45) is 0 Å². The number of benzene rings is 1. The number of rotatable bonds is 2. The summed E-state index contributed by atoms with van der Waals surface area (Å²) in [5.74, 6) is 0.191. The van der Waals surface area contributed by atoms with Gasteiger partial charge in [-0.3, -0.25) is 9.59 Å². The molecule has 2 amide bonds. The van der Waals surface area contributed by atoms with Crippen LogP contribution in [0.1, 0.15) is 29.8 Å². The number of anilines is 1. The molecule has 2 aliphatic rings. The lowest BCUT2D eigenvalue weighted by atomic mass is 9.95. The highest BCUT2D eigenvalue weighted by Crippen LogP contribution is 2.35. The van der Waals surface area contributed by atoms with Crippen LogP contribution < -0.4 is 4.90 Å². The molecule has 2 atom stereocenters. The van der Waals surface area contributed by atoms with Gasteiger partial charge in [-0.2, -0.15) is 0 Å². The van der Waals surface area contributed by atoms with Crippen molar-refractivity contribution in [3.05, 3.63) is 54.4 Å². The summed E-state index contributed by atoms with van der Waals surface area (Å²) >= 11 is 0. The quantitative estimate of drug-likeness (QED) is 0.926. The highest BCUT2D eigenvalue weighted by Gasteiger charge is 2.45. The van der Waals surface area contributed by atoms with Crippen LogP contribution in [-0.4, -0.2) is 40.3 Å². The molecule has 1 aromatic carbocycles. The number of H-pyrrole nitrogens is 1. The van der Waals surface area contributed by atoms with Crippen molar-refractivity contribution in [1.82, 2.24) is 9.88 Å². The Bertz CT molecular complexity index is 711. The van der Waals surface area contributed by atoms with E-state index in [-0.39, 0.29) is 23.9 Å². The van der Waals surface area contributed by atoms with Crippen LogP contribution in [0.3, 0.4) is 0 Å². The number of nitrogens with zero attached hydrogens (tertiary/aromatic N) is 2. The lowest BCUT2D eigenvalue weighted by Crippen LogP contribution is -2.53. The number of hydrogen-bond acceptors (Lipinski definition) is 2. The number of amides is 2. The maximum absolute atomic E-state index is 12.7. The number of piperidine rings is 1. The maximum atomic E-state index is 12.7. The molecule has 1 aromatic heterocycles. The van der Waals surface area contributed by atoms with Crippen LogP contribution in [0.4, 0.5) is 5.69 Å². The van der Waals surface area contributed by atoms with Crippen LogP contribution in [0, 0.1) is 0 Å². The van der Waals surface area contributed by atoms with Gasteiger partial charge in [-0.05, 0) is 37.1 Å². The third kappa shape index (κ3) is 2.32. The predicted molar refractivity (Wildman–Crippen MR) is 87.2 cm³/mol. The van der Waals surface area contributed by atoms with E-state index in [4.69, 9.17) is 0 Å². The van der Waals surface area contributed by atoms with Gasteiger partial charge in [0.05, 0.1) is 12.1 Å². The monoisotopic (exact) mass is 309 g/mol. The third-order valence-corrected chi connectivity index (χ3v) is 4.89. The molecular formula is C18H19N3O2. The van der Waals surface area contributed by atoms with Crippen LogP contribution in [0.25, 0.3) is 0 Å². The van der Waals surface area contributed by atoms with Crippen LogP contribution in [0.5, 0.6) is 0 Å². The van der Waals surface area contributed by atoms with Crippen molar-refractivity contribution in [3.63, 3.8) is 0 Å². The molecule has 0 unspecified atom stereocenters. The van der Waals surface area contributed by atoms with Gasteiger partial charge < -0.3 is 14.8 Å². The van der Waals surface area contributed by atoms with Gasteiger partial charge in [-0.1, -0.05) is 18.2 Å². The summed E-state index contributed by atoms with van der Waals surface area (Å²) in [6.07, 6.45) is 3.84. The van der Waals surface area contributed by atoms with Crippen molar-refractivity contribution in [2.45, 2.75) is 31.3 Å². The third-order valence-electron chi connectivity index (χ3n) is 4.89. The number of hydrogen-bond donors (Lipinski definition) is 1. The average Bonchev–Trinajstić information content (AvgIpc) is 3.24. The number of aromatic nitrogens is 1. The summed E-state index contributed by atoms with van der Waals surface area (Å²) in [5, 5.41) is 0. The number of fused-ring (bicyclic) bond motifs is 1. The first kappa shape index (κ1) is 14.1. The minimum Gasteiger partial charge on any atom is -0.357 e. The first-order chi connectivity index (χ1) is 11.3. The Kier molecular flexibility index (Phi) is 3.41. The smallest absolute Gasteiger partial charge is 0.270 e. The molecule has 0 saturated carbocycles. The fourth-order valence-electron chi connectivity index (χ4n) is 3.86. The standard InChI is InChI=1S/C18H19N3O2/c22-17-9-8-15-16(21(17)13-5-2-1-3-6-13)10-12-20(15)18(23)14-7-4-11-19-14/h1-7,11,15-16,19H,8-10,12H2/t15-,16-/m1/s1. The Morgan fingerprint density at radius 1 is 1.04 bits per heavy atom. The summed E-state index contributed by atoms with van der Waals surface area (Å²) < 4.78 is 0. The Labute approximate surface area is 134 Å². The van der Waals surface area contributed by atoms with Gasteiger partial charge in [-0.15, -0.1) is 0 Å². The minimum atomic E-state index is 0.0323. The van der Waals surface area contributed by atoms with Gasteiger partial charge in [-0.25, -0.2) is 0 Å². The number of carbonyl (C=O) groups is 2. The molecular weight excluding hydrogens is 290 g/mol. The van der Waals surface area contributed by atoms with Crippen molar-refractivity contribution < 1.29 is 9.59 Å². The van der Waals surface area contributed by atoms with Crippen LogP contribution in [-0.2, 0) is 4.79 Å².